The van der Waals surface area contributed by atoms with Crippen LogP contribution in [0.15, 0.2) is 47.6 Å². The monoisotopic (exact) mass is 278 g/mol. The third-order valence-corrected chi connectivity index (χ3v) is 4.63. The molecule has 21 heavy (non-hydrogen) atoms. The Kier molecular flexibility index (Phi) is 3.06. The van der Waals surface area contributed by atoms with Crippen LogP contribution in [0.1, 0.15) is 64.2 Å². The molecule has 0 fully saturated rings. The van der Waals surface area contributed by atoms with Crippen LogP contribution in [0.2, 0.25) is 0 Å². The summed E-state index contributed by atoms with van der Waals surface area (Å²) >= 11 is 0. The molecule has 1 aromatic rings. The number of hydrogen-bond donors (Lipinski definition) is 0. The van der Waals surface area contributed by atoms with Crippen LogP contribution in [0, 0.1) is 5.41 Å². The van der Waals surface area contributed by atoms with E-state index in [2.05, 4.69) is 84.0 Å². The minimum Gasteiger partial charge on any atom is -0.0723 e. The van der Waals surface area contributed by atoms with E-state index in [1.54, 1.807) is 0 Å². The van der Waals surface area contributed by atoms with Crippen molar-refractivity contribution in [2.75, 3.05) is 0 Å². The summed E-state index contributed by atoms with van der Waals surface area (Å²) in [5.41, 5.74) is 7.58. The summed E-state index contributed by atoms with van der Waals surface area (Å²) in [5, 5.41) is 0. The smallest absolute Gasteiger partial charge is 0.0278 e. The molecule has 0 amide bonds. The maximum atomic E-state index is 2.39. The lowest BCUT2D eigenvalue weighted by molar-refractivity contribution is 0.514. The molecule has 1 atom stereocenters. The second-order valence-corrected chi connectivity index (χ2v) is 8.42. The maximum absolute atomic E-state index is 2.39. The molecular weight excluding hydrogens is 252 g/mol. The highest BCUT2D eigenvalue weighted by molar-refractivity contribution is 5.73. The van der Waals surface area contributed by atoms with Crippen LogP contribution in [0.5, 0.6) is 0 Å². The lowest BCUT2D eigenvalue weighted by Gasteiger charge is -2.25. The van der Waals surface area contributed by atoms with E-state index in [0.717, 1.165) is 0 Å². The summed E-state index contributed by atoms with van der Waals surface area (Å²) < 4.78 is 0. The van der Waals surface area contributed by atoms with Gasteiger partial charge in [-0.3, -0.25) is 0 Å². The summed E-state index contributed by atoms with van der Waals surface area (Å²) in [6.45, 7) is 13.7. The van der Waals surface area contributed by atoms with Gasteiger partial charge in [0.1, 0.15) is 0 Å². The normalized spacial score (nSPS) is 20.8. The highest BCUT2D eigenvalue weighted by Crippen LogP contribution is 2.44. The quantitative estimate of drug-likeness (QED) is 0.545. The lowest BCUT2D eigenvalue weighted by atomic mass is 9.79. The van der Waals surface area contributed by atoms with Crippen molar-refractivity contribution in [1.29, 1.82) is 0 Å². The van der Waals surface area contributed by atoms with Crippen LogP contribution in [0.3, 0.4) is 0 Å². The van der Waals surface area contributed by atoms with Gasteiger partial charge < -0.3 is 0 Å². The molecule has 3 rings (SSSR count). The first-order chi connectivity index (χ1) is 9.66. The van der Waals surface area contributed by atoms with E-state index in [1.165, 1.54) is 27.8 Å². The Balaban J connectivity index is 2.03. The van der Waals surface area contributed by atoms with Gasteiger partial charge in [0.15, 0.2) is 0 Å². The van der Waals surface area contributed by atoms with Crippen molar-refractivity contribution in [2.45, 2.75) is 52.9 Å². The summed E-state index contributed by atoms with van der Waals surface area (Å²) in [5.74, 6) is 0.458. The van der Waals surface area contributed by atoms with E-state index in [-0.39, 0.29) is 10.8 Å². The first-order valence-electron chi connectivity index (χ1n) is 7.93. The van der Waals surface area contributed by atoms with Gasteiger partial charge >= 0.3 is 0 Å². The Morgan fingerprint density at radius 2 is 1.57 bits per heavy atom. The fourth-order valence-electron chi connectivity index (χ4n) is 3.14. The van der Waals surface area contributed by atoms with Gasteiger partial charge in [0.05, 0.1) is 0 Å². The van der Waals surface area contributed by atoms with E-state index in [0.29, 0.717) is 5.92 Å². The highest BCUT2D eigenvalue weighted by Gasteiger charge is 2.28. The van der Waals surface area contributed by atoms with Crippen LogP contribution in [0.25, 0.3) is 6.08 Å². The molecule has 0 aliphatic heterocycles. The molecule has 0 radical (unpaired) electrons. The van der Waals surface area contributed by atoms with Crippen molar-refractivity contribution in [3.05, 3.63) is 64.3 Å². The summed E-state index contributed by atoms with van der Waals surface area (Å²) in [6.07, 6.45) is 9.45. The van der Waals surface area contributed by atoms with Gasteiger partial charge in [0.2, 0.25) is 0 Å². The molecule has 110 valence electrons. The third kappa shape index (κ3) is 2.52. The molecule has 0 nitrogen and oxygen atoms in total. The zero-order chi connectivity index (χ0) is 15.4. The van der Waals surface area contributed by atoms with Crippen LogP contribution in [-0.2, 0) is 5.41 Å². The van der Waals surface area contributed by atoms with Crippen molar-refractivity contribution < 1.29 is 0 Å². The molecule has 0 bridgehead atoms. The van der Waals surface area contributed by atoms with Crippen molar-refractivity contribution in [3.8, 4) is 0 Å². The number of rotatable bonds is 0. The van der Waals surface area contributed by atoms with Crippen molar-refractivity contribution in [3.63, 3.8) is 0 Å². The van der Waals surface area contributed by atoms with E-state index in [1.807, 2.05) is 0 Å². The lowest BCUT2D eigenvalue weighted by Crippen LogP contribution is -2.12. The fraction of sp³-hybridized carbons (Fsp3) is 0.429. The SMILES string of the molecule is CC(C)(C)C1=CC2=Cc3cc(C(C)(C)C)ccc3C2C=C1. The average Bonchev–Trinajstić information content (AvgIpc) is 2.73. The number of allylic oxidation sites excluding steroid dienone is 5. The second-order valence-electron chi connectivity index (χ2n) is 8.42. The third-order valence-electron chi connectivity index (χ3n) is 4.63. The van der Waals surface area contributed by atoms with Crippen LogP contribution in [0.4, 0.5) is 0 Å². The van der Waals surface area contributed by atoms with Crippen molar-refractivity contribution in [1.82, 2.24) is 0 Å². The van der Waals surface area contributed by atoms with E-state index >= 15 is 0 Å². The molecule has 1 unspecified atom stereocenters. The number of benzene rings is 1. The van der Waals surface area contributed by atoms with Crippen LogP contribution in [-0.4, -0.2) is 0 Å². The molecule has 0 aromatic heterocycles. The molecule has 0 heteroatoms. The largest absolute Gasteiger partial charge is 0.0723 e. The number of fused-ring (bicyclic) bond motifs is 3. The van der Waals surface area contributed by atoms with Crippen LogP contribution >= 0.6 is 0 Å². The summed E-state index contributed by atoms with van der Waals surface area (Å²) in [7, 11) is 0. The molecular formula is C21H26. The maximum Gasteiger partial charge on any atom is 0.0278 e. The average molecular weight is 278 g/mol. The predicted molar refractivity (Wildman–Crippen MR) is 92.5 cm³/mol. The van der Waals surface area contributed by atoms with Gasteiger partial charge in [-0.05, 0) is 38.7 Å². The van der Waals surface area contributed by atoms with Crippen molar-refractivity contribution >= 4 is 6.08 Å². The first-order valence-corrected chi connectivity index (χ1v) is 7.93. The Bertz CT molecular complexity index is 667. The van der Waals surface area contributed by atoms with E-state index in [4.69, 9.17) is 0 Å². The topological polar surface area (TPSA) is 0 Å². The number of hydrogen-bond acceptors (Lipinski definition) is 0. The molecule has 0 spiro atoms. The Labute approximate surface area is 129 Å². The molecule has 2 aliphatic rings. The Morgan fingerprint density at radius 1 is 0.857 bits per heavy atom. The van der Waals surface area contributed by atoms with E-state index < -0.39 is 0 Å². The predicted octanol–water partition coefficient (Wildman–Crippen LogP) is 6.01. The van der Waals surface area contributed by atoms with Gasteiger partial charge in [-0.25, -0.2) is 0 Å². The van der Waals surface area contributed by atoms with E-state index in [9.17, 15) is 0 Å². The standard InChI is InChI=1S/C21H26/c1-20(2,3)16-7-9-18-14(12-16)11-15-13-17(21(4,5)6)8-10-19(15)18/h7-13,18H,1-6H3. The molecule has 1 aromatic carbocycles. The van der Waals surface area contributed by atoms with Gasteiger partial charge in [-0.1, -0.05) is 84.0 Å². The van der Waals surface area contributed by atoms with Gasteiger partial charge in [0, 0.05) is 5.92 Å². The Hall–Kier alpha value is -1.56. The minimum atomic E-state index is 0.212. The molecule has 0 saturated heterocycles. The molecule has 0 N–H and O–H groups in total. The zero-order valence-electron chi connectivity index (χ0n) is 14.1. The van der Waals surface area contributed by atoms with Crippen molar-refractivity contribution in [2.24, 2.45) is 5.41 Å². The Morgan fingerprint density at radius 3 is 2.19 bits per heavy atom. The fourth-order valence-corrected chi connectivity index (χ4v) is 3.14. The first kappa shape index (κ1) is 14.4. The van der Waals surface area contributed by atoms with Gasteiger partial charge in [-0.2, -0.15) is 0 Å². The highest BCUT2D eigenvalue weighted by atomic mass is 14.3. The zero-order valence-corrected chi connectivity index (χ0v) is 14.1. The second kappa shape index (κ2) is 4.47. The van der Waals surface area contributed by atoms with Crippen LogP contribution < -0.4 is 0 Å². The molecule has 0 saturated carbocycles. The summed E-state index contributed by atoms with van der Waals surface area (Å²) in [4.78, 5) is 0. The molecule has 0 heterocycles. The minimum absolute atomic E-state index is 0.212. The van der Waals surface area contributed by atoms with Gasteiger partial charge in [0.25, 0.3) is 0 Å². The molecule has 2 aliphatic carbocycles. The summed E-state index contributed by atoms with van der Waals surface area (Å²) in [6, 6.07) is 7.00. The van der Waals surface area contributed by atoms with Gasteiger partial charge in [-0.15, -0.1) is 0 Å².